The van der Waals surface area contributed by atoms with E-state index in [4.69, 9.17) is 15.1 Å². The summed E-state index contributed by atoms with van der Waals surface area (Å²) in [5, 5.41) is 17.4. The number of aliphatic hydroxyl groups excluding tert-OH is 1. The van der Waals surface area contributed by atoms with Crippen LogP contribution < -0.4 is 4.74 Å². The Morgan fingerprint density at radius 2 is 2.29 bits per heavy atom. The lowest BCUT2D eigenvalue weighted by Crippen LogP contribution is -1.98. The van der Waals surface area contributed by atoms with Crippen molar-refractivity contribution in [3.63, 3.8) is 0 Å². The monoisotopic (exact) mass is 195 g/mol. The standard InChI is InChI=1S/C10H10FNO2/c1-14-10-5-9(11)7(2-3-13)4-8(10)6-12/h4-5,13H,2-3H2,1H3. The number of hydrogen-bond acceptors (Lipinski definition) is 3. The van der Waals surface area contributed by atoms with Gasteiger partial charge < -0.3 is 9.84 Å². The number of nitrogens with zero attached hydrogens (tertiary/aromatic N) is 1. The summed E-state index contributed by atoms with van der Waals surface area (Å²) in [5.74, 6) is -0.249. The van der Waals surface area contributed by atoms with Gasteiger partial charge in [-0.25, -0.2) is 4.39 Å². The largest absolute Gasteiger partial charge is 0.495 e. The van der Waals surface area contributed by atoms with Crippen LogP contribution in [0.3, 0.4) is 0 Å². The maximum Gasteiger partial charge on any atom is 0.139 e. The zero-order valence-electron chi connectivity index (χ0n) is 7.75. The second-order valence-corrected chi connectivity index (χ2v) is 2.73. The number of benzene rings is 1. The molecule has 0 aliphatic heterocycles. The summed E-state index contributed by atoms with van der Waals surface area (Å²) < 4.78 is 18.1. The first-order valence-corrected chi connectivity index (χ1v) is 4.10. The highest BCUT2D eigenvalue weighted by molar-refractivity contribution is 5.46. The summed E-state index contributed by atoms with van der Waals surface area (Å²) in [5.41, 5.74) is 0.599. The van der Waals surface area contributed by atoms with Gasteiger partial charge >= 0.3 is 0 Å². The number of rotatable bonds is 3. The van der Waals surface area contributed by atoms with E-state index in [1.54, 1.807) is 0 Å². The molecule has 0 unspecified atom stereocenters. The average molecular weight is 195 g/mol. The van der Waals surface area contributed by atoms with Crippen LogP contribution in [0.25, 0.3) is 0 Å². The highest BCUT2D eigenvalue weighted by Crippen LogP contribution is 2.22. The Kier molecular flexibility index (Phi) is 3.43. The Bertz CT molecular complexity index is 371. The summed E-state index contributed by atoms with van der Waals surface area (Å²) in [7, 11) is 1.38. The van der Waals surface area contributed by atoms with Gasteiger partial charge in [0.2, 0.25) is 0 Å². The molecule has 0 atom stereocenters. The predicted octanol–water partition coefficient (Wildman–Crippen LogP) is 1.24. The minimum atomic E-state index is -0.463. The van der Waals surface area contributed by atoms with Gasteiger partial charge in [-0.05, 0) is 18.1 Å². The lowest BCUT2D eigenvalue weighted by molar-refractivity contribution is 0.297. The van der Waals surface area contributed by atoms with Crippen molar-refractivity contribution in [2.45, 2.75) is 6.42 Å². The molecule has 1 N–H and O–H groups in total. The second-order valence-electron chi connectivity index (χ2n) is 2.73. The Morgan fingerprint density at radius 1 is 1.57 bits per heavy atom. The summed E-state index contributed by atoms with van der Waals surface area (Å²) in [6.07, 6.45) is 0.199. The number of nitriles is 1. The number of aliphatic hydroxyl groups is 1. The third kappa shape index (κ3) is 2.01. The van der Waals surface area contributed by atoms with Gasteiger partial charge in [-0.1, -0.05) is 0 Å². The van der Waals surface area contributed by atoms with Crippen molar-refractivity contribution in [3.05, 3.63) is 29.1 Å². The van der Waals surface area contributed by atoms with Crippen LogP contribution in [0, 0.1) is 17.1 Å². The molecule has 0 fully saturated rings. The van der Waals surface area contributed by atoms with Crippen LogP contribution in [0.5, 0.6) is 5.75 Å². The smallest absolute Gasteiger partial charge is 0.139 e. The summed E-state index contributed by atoms with van der Waals surface area (Å²) in [6, 6.07) is 4.45. The van der Waals surface area contributed by atoms with E-state index in [9.17, 15) is 4.39 Å². The van der Waals surface area contributed by atoms with Crippen molar-refractivity contribution in [3.8, 4) is 11.8 Å². The number of ether oxygens (including phenoxy) is 1. The van der Waals surface area contributed by atoms with Crippen molar-refractivity contribution in [1.82, 2.24) is 0 Å². The van der Waals surface area contributed by atoms with Crippen LogP contribution in [0.2, 0.25) is 0 Å². The van der Waals surface area contributed by atoms with E-state index in [0.717, 1.165) is 6.07 Å². The van der Waals surface area contributed by atoms with Crippen molar-refractivity contribution >= 4 is 0 Å². The SMILES string of the molecule is COc1cc(F)c(CCO)cc1C#N. The normalized spacial score (nSPS) is 9.57. The number of halogens is 1. The maximum atomic E-state index is 13.2. The molecule has 0 spiro atoms. The molecule has 0 amide bonds. The molecular weight excluding hydrogens is 185 g/mol. The van der Waals surface area contributed by atoms with Crippen molar-refractivity contribution in [2.24, 2.45) is 0 Å². The Morgan fingerprint density at radius 3 is 2.79 bits per heavy atom. The third-order valence-electron chi connectivity index (χ3n) is 1.87. The molecule has 1 aromatic carbocycles. The topological polar surface area (TPSA) is 53.2 Å². The molecule has 3 nitrogen and oxygen atoms in total. The minimum Gasteiger partial charge on any atom is -0.495 e. The van der Waals surface area contributed by atoms with Crippen molar-refractivity contribution in [1.29, 1.82) is 5.26 Å². The third-order valence-corrected chi connectivity index (χ3v) is 1.87. The molecule has 0 aliphatic carbocycles. The zero-order chi connectivity index (χ0) is 10.6. The molecule has 1 rings (SSSR count). The fraction of sp³-hybridized carbons (Fsp3) is 0.300. The Hall–Kier alpha value is -1.60. The summed E-state index contributed by atoms with van der Waals surface area (Å²) in [6.45, 7) is -0.145. The number of methoxy groups -OCH3 is 1. The average Bonchev–Trinajstić information content (AvgIpc) is 2.20. The fourth-order valence-corrected chi connectivity index (χ4v) is 1.17. The van der Waals surface area contributed by atoms with Crippen LogP contribution in [0.4, 0.5) is 4.39 Å². The van der Waals surface area contributed by atoms with E-state index in [1.165, 1.54) is 13.2 Å². The van der Waals surface area contributed by atoms with Gasteiger partial charge in [-0.2, -0.15) is 5.26 Å². The predicted molar refractivity (Wildman–Crippen MR) is 48.5 cm³/mol. The summed E-state index contributed by atoms with van der Waals surface area (Å²) >= 11 is 0. The van der Waals surface area contributed by atoms with Crippen LogP contribution in [0.1, 0.15) is 11.1 Å². The van der Waals surface area contributed by atoms with E-state index in [1.807, 2.05) is 6.07 Å². The van der Waals surface area contributed by atoms with Gasteiger partial charge in [-0.3, -0.25) is 0 Å². The molecule has 14 heavy (non-hydrogen) atoms. The number of hydrogen-bond donors (Lipinski definition) is 1. The van der Waals surface area contributed by atoms with Gasteiger partial charge in [0.1, 0.15) is 17.6 Å². The minimum absolute atomic E-state index is 0.145. The van der Waals surface area contributed by atoms with Crippen molar-refractivity contribution in [2.75, 3.05) is 13.7 Å². The van der Waals surface area contributed by atoms with E-state index < -0.39 is 5.82 Å². The molecule has 0 aliphatic rings. The van der Waals surface area contributed by atoms with Crippen LogP contribution in [-0.4, -0.2) is 18.8 Å². The van der Waals surface area contributed by atoms with Gasteiger partial charge in [-0.15, -0.1) is 0 Å². The van der Waals surface area contributed by atoms with Crippen molar-refractivity contribution < 1.29 is 14.2 Å². The van der Waals surface area contributed by atoms with Gasteiger partial charge in [0.25, 0.3) is 0 Å². The summed E-state index contributed by atoms with van der Waals surface area (Å²) in [4.78, 5) is 0. The Balaban J connectivity index is 3.18. The van der Waals surface area contributed by atoms with Gasteiger partial charge in [0.15, 0.2) is 0 Å². The van der Waals surface area contributed by atoms with E-state index in [0.29, 0.717) is 5.56 Å². The molecule has 0 radical (unpaired) electrons. The highest BCUT2D eigenvalue weighted by atomic mass is 19.1. The van der Waals surface area contributed by atoms with Crippen LogP contribution in [-0.2, 0) is 6.42 Å². The quantitative estimate of drug-likeness (QED) is 0.789. The lowest BCUT2D eigenvalue weighted by Gasteiger charge is -2.06. The molecule has 0 saturated carbocycles. The lowest BCUT2D eigenvalue weighted by atomic mass is 10.1. The van der Waals surface area contributed by atoms with E-state index in [2.05, 4.69) is 0 Å². The van der Waals surface area contributed by atoms with E-state index >= 15 is 0 Å². The molecule has 0 saturated heterocycles. The first-order valence-electron chi connectivity index (χ1n) is 4.10. The molecule has 1 aromatic rings. The molecule has 0 aromatic heterocycles. The fourth-order valence-electron chi connectivity index (χ4n) is 1.17. The molecule has 74 valence electrons. The Labute approximate surface area is 81.4 Å². The van der Waals surface area contributed by atoms with Crippen LogP contribution >= 0.6 is 0 Å². The van der Waals surface area contributed by atoms with E-state index in [-0.39, 0.29) is 24.3 Å². The molecule has 0 bridgehead atoms. The first-order chi connectivity index (χ1) is 6.72. The highest BCUT2D eigenvalue weighted by Gasteiger charge is 2.09. The van der Waals surface area contributed by atoms with Gasteiger partial charge in [0.05, 0.1) is 12.7 Å². The molecule has 4 heteroatoms. The molecular formula is C10H10FNO2. The van der Waals surface area contributed by atoms with Crippen LogP contribution in [0.15, 0.2) is 12.1 Å². The zero-order valence-corrected chi connectivity index (χ0v) is 7.75. The second kappa shape index (κ2) is 4.58. The molecule has 0 heterocycles. The maximum absolute atomic E-state index is 13.2. The first kappa shape index (κ1) is 10.5. The van der Waals surface area contributed by atoms with Gasteiger partial charge in [0, 0.05) is 12.7 Å².